The molecule has 2 aliphatic heterocycles. The fourth-order valence-electron chi connectivity index (χ4n) is 3.40. The molecule has 3 rings (SSSR count). The zero-order valence-corrected chi connectivity index (χ0v) is 13.1. The van der Waals surface area contributed by atoms with E-state index in [0.717, 1.165) is 50.5 Å². The Kier molecular flexibility index (Phi) is 4.36. The molecule has 2 N–H and O–H groups in total. The van der Waals surface area contributed by atoms with E-state index in [4.69, 9.17) is 9.41 Å². The zero-order chi connectivity index (χ0) is 15.4. The maximum atomic E-state index is 11.6. The van der Waals surface area contributed by atoms with Crippen molar-refractivity contribution in [3.63, 3.8) is 0 Å². The van der Waals surface area contributed by atoms with E-state index < -0.39 is 0 Å². The van der Waals surface area contributed by atoms with E-state index in [9.17, 15) is 4.79 Å². The summed E-state index contributed by atoms with van der Waals surface area (Å²) in [7, 11) is 0. The van der Waals surface area contributed by atoms with Gasteiger partial charge in [-0.3, -0.25) is 4.79 Å². The van der Waals surface area contributed by atoms with Gasteiger partial charge in [0.15, 0.2) is 5.96 Å². The van der Waals surface area contributed by atoms with Gasteiger partial charge in [0, 0.05) is 43.6 Å². The smallest absolute Gasteiger partial charge is 0.220 e. The highest BCUT2D eigenvalue weighted by Crippen LogP contribution is 2.36. The molecule has 6 heteroatoms. The van der Waals surface area contributed by atoms with E-state index in [1.165, 1.54) is 0 Å². The third kappa shape index (κ3) is 3.26. The van der Waals surface area contributed by atoms with Crippen molar-refractivity contribution in [1.82, 2.24) is 15.5 Å². The highest BCUT2D eigenvalue weighted by Gasteiger charge is 2.42. The van der Waals surface area contributed by atoms with Crippen LogP contribution in [0.1, 0.15) is 31.7 Å². The SMILES string of the molecule is CCNC(=NCc1ccoc1)N1CCCC2(CNC(=O)C2)C1. The van der Waals surface area contributed by atoms with E-state index in [-0.39, 0.29) is 11.3 Å². The number of guanidine groups is 1. The molecule has 1 atom stereocenters. The Hall–Kier alpha value is -1.98. The maximum Gasteiger partial charge on any atom is 0.220 e. The molecule has 2 saturated heterocycles. The Balaban J connectivity index is 1.70. The van der Waals surface area contributed by atoms with Crippen LogP contribution in [0.15, 0.2) is 28.0 Å². The third-order valence-corrected chi connectivity index (χ3v) is 4.48. The average molecular weight is 304 g/mol. The molecule has 120 valence electrons. The quantitative estimate of drug-likeness (QED) is 0.653. The van der Waals surface area contributed by atoms with Crippen LogP contribution < -0.4 is 10.6 Å². The van der Waals surface area contributed by atoms with Crippen LogP contribution in [0.4, 0.5) is 0 Å². The zero-order valence-electron chi connectivity index (χ0n) is 13.1. The highest BCUT2D eigenvalue weighted by atomic mass is 16.3. The first-order chi connectivity index (χ1) is 10.7. The number of carbonyl (C=O) groups excluding carboxylic acids is 1. The summed E-state index contributed by atoms with van der Waals surface area (Å²) in [4.78, 5) is 18.6. The number of likely N-dealkylation sites (tertiary alicyclic amines) is 1. The molecule has 0 bridgehead atoms. The average Bonchev–Trinajstić information content (AvgIpc) is 3.14. The lowest BCUT2D eigenvalue weighted by atomic mass is 9.79. The Morgan fingerprint density at radius 3 is 3.18 bits per heavy atom. The second-order valence-corrected chi connectivity index (χ2v) is 6.28. The van der Waals surface area contributed by atoms with E-state index in [1.54, 1.807) is 12.5 Å². The summed E-state index contributed by atoms with van der Waals surface area (Å²) >= 11 is 0. The molecule has 22 heavy (non-hydrogen) atoms. The Morgan fingerprint density at radius 1 is 1.59 bits per heavy atom. The van der Waals surface area contributed by atoms with Gasteiger partial charge < -0.3 is 20.0 Å². The van der Waals surface area contributed by atoms with E-state index >= 15 is 0 Å². The first-order valence-electron chi connectivity index (χ1n) is 8.02. The number of furan rings is 1. The van der Waals surface area contributed by atoms with Crippen molar-refractivity contribution in [2.24, 2.45) is 10.4 Å². The number of rotatable bonds is 3. The Bertz CT molecular complexity index is 540. The minimum atomic E-state index is 0.0845. The predicted octanol–water partition coefficient (Wildman–Crippen LogP) is 1.35. The summed E-state index contributed by atoms with van der Waals surface area (Å²) in [6, 6.07) is 1.93. The number of hydrogen-bond acceptors (Lipinski definition) is 3. The minimum Gasteiger partial charge on any atom is -0.472 e. The lowest BCUT2D eigenvalue weighted by Crippen LogP contribution is -2.51. The van der Waals surface area contributed by atoms with Crippen LogP contribution in [0.3, 0.4) is 0 Å². The number of nitrogens with one attached hydrogen (secondary N) is 2. The number of amides is 1. The molecule has 2 aliphatic rings. The Labute approximate surface area is 131 Å². The monoisotopic (exact) mass is 304 g/mol. The predicted molar refractivity (Wildman–Crippen MR) is 84.4 cm³/mol. The molecule has 0 radical (unpaired) electrons. The van der Waals surface area contributed by atoms with Gasteiger partial charge in [0.1, 0.15) is 0 Å². The van der Waals surface area contributed by atoms with Crippen LogP contribution in [0.5, 0.6) is 0 Å². The van der Waals surface area contributed by atoms with Crippen molar-refractivity contribution in [2.75, 3.05) is 26.2 Å². The largest absolute Gasteiger partial charge is 0.472 e. The summed E-state index contributed by atoms with van der Waals surface area (Å²) in [6.07, 6.45) is 6.26. The second-order valence-electron chi connectivity index (χ2n) is 6.28. The lowest BCUT2D eigenvalue weighted by Gasteiger charge is -2.40. The van der Waals surface area contributed by atoms with Gasteiger partial charge in [-0.2, -0.15) is 0 Å². The minimum absolute atomic E-state index is 0.0845. The molecule has 2 fully saturated rings. The van der Waals surface area contributed by atoms with Gasteiger partial charge in [0.2, 0.25) is 5.91 Å². The van der Waals surface area contributed by atoms with Crippen LogP contribution in [-0.2, 0) is 11.3 Å². The highest BCUT2D eigenvalue weighted by molar-refractivity contribution is 5.81. The van der Waals surface area contributed by atoms with Crippen molar-refractivity contribution in [2.45, 2.75) is 32.7 Å². The van der Waals surface area contributed by atoms with Gasteiger partial charge in [-0.1, -0.05) is 0 Å². The molecule has 1 aromatic rings. The first kappa shape index (κ1) is 14.9. The molecule has 1 unspecified atom stereocenters. The molecule has 1 amide bonds. The van der Waals surface area contributed by atoms with Gasteiger partial charge in [0.25, 0.3) is 0 Å². The molecular weight excluding hydrogens is 280 g/mol. The standard InChI is InChI=1S/C16H24N4O2/c1-2-17-15(18-9-13-4-7-22-10-13)20-6-3-5-16(12-20)8-14(21)19-11-16/h4,7,10H,2-3,5-6,8-9,11-12H2,1H3,(H,17,18)(H,19,21). The number of hydrogen-bond donors (Lipinski definition) is 2. The van der Waals surface area contributed by atoms with Crippen LogP contribution in [0.25, 0.3) is 0 Å². The maximum absolute atomic E-state index is 11.6. The lowest BCUT2D eigenvalue weighted by molar-refractivity contribution is -0.119. The molecule has 0 aromatic carbocycles. The number of nitrogens with zero attached hydrogens (tertiary/aromatic N) is 2. The van der Waals surface area contributed by atoms with Gasteiger partial charge in [-0.05, 0) is 25.8 Å². The number of aliphatic imine (C=N–C) groups is 1. The summed E-state index contributed by atoms with van der Waals surface area (Å²) < 4.78 is 5.09. The molecule has 1 spiro atoms. The van der Waals surface area contributed by atoms with Crippen molar-refractivity contribution in [3.8, 4) is 0 Å². The van der Waals surface area contributed by atoms with Crippen LogP contribution in [0, 0.1) is 5.41 Å². The van der Waals surface area contributed by atoms with Gasteiger partial charge >= 0.3 is 0 Å². The molecule has 0 saturated carbocycles. The summed E-state index contributed by atoms with van der Waals surface area (Å²) in [6.45, 7) is 6.21. The first-order valence-corrected chi connectivity index (χ1v) is 8.02. The number of carbonyl (C=O) groups is 1. The number of piperidine rings is 1. The second kappa shape index (κ2) is 6.42. The van der Waals surface area contributed by atoms with Gasteiger partial charge in [-0.25, -0.2) is 4.99 Å². The Morgan fingerprint density at radius 2 is 2.50 bits per heavy atom. The van der Waals surface area contributed by atoms with E-state index in [2.05, 4.69) is 22.5 Å². The van der Waals surface area contributed by atoms with Crippen molar-refractivity contribution >= 4 is 11.9 Å². The molecular formula is C16H24N4O2. The topological polar surface area (TPSA) is 69.9 Å². The van der Waals surface area contributed by atoms with E-state index in [0.29, 0.717) is 13.0 Å². The van der Waals surface area contributed by atoms with Crippen molar-refractivity contribution < 1.29 is 9.21 Å². The molecule has 1 aromatic heterocycles. The van der Waals surface area contributed by atoms with Crippen molar-refractivity contribution in [1.29, 1.82) is 0 Å². The van der Waals surface area contributed by atoms with Crippen LogP contribution in [-0.4, -0.2) is 42.9 Å². The van der Waals surface area contributed by atoms with Crippen LogP contribution >= 0.6 is 0 Å². The fraction of sp³-hybridized carbons (Fsp3) is 0.625. The van der Waals surface area contributed by atoms with E-state index in [1.807, 2.05) is 6.07 Å². The summed E-state index contributed by atoms with van der Waals surface area (Å²) in [5.74, 6) is 1.12. The fourth-order valence-corrected chi connectivity index (χ4v) is 3.40. The normalized spacial score (nSPS) is 25.6. The molecule has 3 heterocycles. The van der Waals surface area contributed by atoms with Gasteiger partial charge in [-0.15, -0.1) is 0 Å². The summed E-state index contributed by atoms with van der Waals surface area (Å²) in [5, 5.41) is 6.36. The summed E-state index contributed by atoms with van der Waals surface area (Å²) in [5.41, 5.74) is 1.15. The van der Waals surface area contributed by atoms with Gasteiger partial charge in [0.05, 0.1) is 19.1 Å². The van der Waals surface area contributed by atoms with Crippen LogP contribution in [0.2, 0.25) is 0 Å². The van der Waals surface area contributed by atoms with Crippen molar-refractivity contribution in [3.05, 3.63) is 24.2 Å². The third-order valence-electron chi connectivity index (χ3n) is 4.48. The molecule has 0 aliphatic carbocycles. The molecule has 6 nitrogen and oxygen atoms in total.